The Balaban J connectivity index is 4.59. The largest absolute Gasteiger partial charge is 0.304 e. The Labute approximate surface area is 91.3 Å². The normalized spacial score (nSPS) is 12.6. The Morgan fingerprint density at radius 1 is 1.00 bits per heavy atom. The minimum absolute atomic E-state index is 0.195. The number of rotatable bonds is 8. The van der Waals surface area contributed by atoms with Gasteiger partial charge < -0.3 is 4.98 Å². The van der Waals surface area contributed by atoms with E-state index in [4.69, 9.17) is 0 Å². The molecule has 0 saturated carbocycles. The molecule has 3 N–H and O–H groups in total. The molecular weight excluding hydrogens is 192 g/mol. The van der Waals surface area contributed by atoms with Gasteiger partial charge in [-0.25, -0.2) is 0 Å². The molecule has 0 amide bonds. The van der Waals surface area contributed by atoms with Gasteiger partial charge in [0.15, 0.2) is 5.91 Å². The zero-order valence-corrected chi connectivity index (χ0v) is 12.3. The molecule has 0 aromatic heterocycles. The first kappa shape index (κ1) is 14.1. The SMILES string of the molecule is CCNC(N[SiH3])(NCC)N(CC)CC. The van der Waals surface area contributed by atoms with E-state index >= 15 is 0 Å². The molecule has 0 saturated heterocycles. The molecule has 0 atom stereocenters. The summed E-state index contributed by atoms with van der Waals surface area (Å²) in [5, 5.41) is 6.97. The van der Waals surface area contributed by atoms with Crippen LogP contribution in [0, 0.1) is 0 Å². The van der Waals surface area contributed by atoms with Crippen LogP contribution in [-0.2, 0) is 0 Å². The fourth-order valence-corrected chi connectivity index (χ4v) is 2.50. The molecule has 14 heavy (non-hydrogen) atoms. The molecule has 86 valence electrons. The average molecular weight is 218 g/mol. The monoisotopic (exact) mass is 218 g/mol. The smallest absolute Gasteiger partial charge is 0.177 e. The Hall–Kier alpha value is 0.0569. The van der Waals surface area contributed by atoms with Crippen LogP contribution in [0.2, 0.25) is 0 Å². The van der Waals surface area contributed by atoms with Crippen molar-refractivity contribution in [2.45, 2.75) is 33.6 Å². The van der Waals surface area contributed by atoms with Crippen molar-refractivity contribution >= 4 is 10.4 Å². The summed E-state index contributed by atoms with van der Waals surface area (Å²) in [5.74, 6) is -0.195. The second-order valence-electron chi connectivity index (χ2n) is 3.19. The van der Waals surface area contributed by atoms with E-state index < -0.39 is 0 Å². The second kappa shape index (κ2) is 7.36. The quantitative estimate of drug-likeness (QED) is 0.362. The van der Waals surface area contributed by atoms with Crippen LogP contribution in [0.3, 0.4) is 0 Å². The van der Waals surface area contributed by atoms with Crippen molar-refractivity contribution in [1.29, 1.82) is 0 Å². The van der Waals surface area contributed by atoms with Gasteiger partial charge in [0.05, 0.1) is 10.4 Å². The summed E-state index contributed by atoms with van der Waals surface area (Å²) in [6, 6.07) is 0. The number of nitrogens with one attached hydrogen (secondary N) is 3. The van der Waals surface area contributed by atoms with Crippen molar-refractivity contribution in [3.8, 4) is 0 Å². The highest BCUT2D eigenvalue weighted by atomic mass is 28.2. The molecule has 0 bridgehead atoms. The van der Waals surface area contributed by atoms with E-state index in [-0.39, 0.29) is 5.91 Å². The molecule has 5 heteroatoms. The van der Waals surface area contributed by atoms with E-state index in [0.717, 1.165) is 36.6 Å². The summed E-state index contributed by atoms with van der Waals surface area (Å²) in [4.78, 5) is 5.83. The molecule has 4 nitrogen and oxygen atoms in total. The van der Waals surface area contributed by atoms with Crippen LogP contribution in [0.4, 0.5) is 0 Å². The minimum Gasteiger partial charge on any atom is -0.304 e. The Bertz CT molecular complexity index is 133. The van der Waals surface area contributed by atoms with E-state index in [9.17, 15) is 0 Å². The van der Waals surface area contributed by atoms with Crippen LogP contribution in [-0.4, -0.2) is 47.4 Å². The van der Waals surface area contributed by atoms with E-state index in [0.29, 0.717) is 0 Å². The molecule has 0 aromatic carbocycles. The van der Waals surface area contributed by atoms with Gasteiger partial charge in [-0.3, -0.25) is 15.5 Å². The molecular formula is C9H26N4Si. The van der Waals surface area contributed by atoms with E-state index in [1.165, 1.54) is 0 Å². The van der Waals surface area contributed by atoms with Crippen molar-refractivity contribution in [2.24, 2.45) is 0 Å². The Morgan fingerprint density at radius 2 is 1.43 bits per heavy atom. The second-order valence-corrected chi connectivity index (χ2v) is 3.69. The molecule has 0 heterocycles. The van der Waals surface area contributed by atoms with Crippen molar-refractivity contribution in [2.75, 3.05) is 26.2 Å². The van der Waals surface area contributed by atoms with Crippen LogP contribution in [0.25, 0.3) is 0 Å². The van der Waals surface area contributed by atoms with Gasteiger partial charge in [0.1, 0.15) is 0 Å². The van der Waals surface area contributed by atoms with Crippen LogP contribution >= 0.6 is 0 Å². The van der Waals surface area contributed by atoms with Gasteiger partial charge in [0, 0.05) is 0 Å². The third-order valence-electron chi connectivity index (χ3n) is 2.46. The Kier molecular flexibility index (Phi) is 7.39. The maximum Gasteiger partial charge on any atom is 0.177 e. The van der Waals surface area contributed by atoms with Gasteiger partial charge in [-0.05, 0) is 26.2 Å². The zero-order valence-electron chi connectivity index (χ0n) is 10.3. The fourth-order valence-electron chi connectivity index (χ4n) is 1.83. The molecule has 0 aliphatic rings. The third-order valence-corrected chi connectivity index (χ3v) is 3.19. The Morgan fingerprint density at radius 3 is 1.64 bits per heavy atom. The summed E-state index contributed by atoms with van der Waals surface area (Å²) in [6.07, 6.45) is 0. The van der Waals surface area contributed by atoms with Crippen LogP contribution in [0.5, 0.6) is 0 Å². The third kappa shape index (κ3) is 3.32. The fraction of sp³-hybridized carbons (Fsp3) is 1.00. The van der Waals surface area contributed by atoms with Crippen molar-refractivity contribution in [3.05, 3.63) is 0 Å². The van der Waals surface area contributed by atoms with E-state index in [2.05, 4.69) is 48.2 Å². The highest BCUT2D eigenvalue weighted by molar-refractivity contribution is 6.04. The summed E-state index contributed by atoms with van der Waals surface area (Å²) in [5.41, 5.74) is 0. The highest BCUT2D eigenvalue weighted by Gasteiger charge is 2.30. The van der Waals surface area contributed by atoms with Gasteiger partial charge in [-0.2, -0.15) is 0 Å². The summed E-state index contributed by atoms with van der Waals surface area (Å²) >= 11 is 0. The summed E-state index contributed by atoms with van der Waals surface area (Å²) in [7, 11) is 0.965. The van der Waals surface area contributed by atoms with Crippen LogP contribution in [0.1, 0.15) is 27.7 Å². The lowest BCUT2D eigenvalue weighted by Gasteiger charge is -2.44. The average Bonchev–Trinajstić information content (AvgIpc) is 2.20. The lowest BCUT2D eigenvalue weighted by atomic mass is 10.4. The first-order valence-corrected chi connectivity index (χ1v) is 6.64. The highest BCUT2D eigenvalue weighted by Crippen LogP contribution is 2.03. The molecule has 0 aliphatic heterocycles. The first-order chi connectivity index (χ1) is 6.70. The van der Waals surface area contributed by atoms with Gasteiger partial charge >= 0.3 is 0 Å². The summed E-state index contributed by atoms with van der Waals surface area (Å²) < 4.78 is 0. The molecule has 0 rings (SSSR count). The topological polar surface area (TPSA) is 39.3 Å². The number of hydrogen-bond donors (Lipinski definition) is 3. The standard InChI is InChI=1S/C9H26N4Si/c1-5-10-9(12-14,11-6-2)13(7-3)8-4/h10-12H,5-8H2,1-4,14H3. The van der Waals surface area contributed by atoms with Crippen molar-refractivity contribution < 1.29 is 0 Å². The predicted molar refractivity (Wildman–Crippen MR) is 66.1 cm³/mol. The molecule has 0 radical (unpaired) electrons. The number of hydrogen-bond acceptors (Lipinski definition) is 4. The lowest BCUT2D eigenvalue weighted by molar-refractivity contribution is 0.0227. The van der Waals surface area contributed by atoms with Gasteiger partial charge in [0.2, 0.25) is 0 Å². The summed E-state index contributed by atoms with van der Waals surface area (Å²) in [6.45, 7) is 12.6. The van der Waals surface area contributed by atoms with Gasteiger partial charge in [0.25, 0.3) is 0 Å². The van der Waals surface area contributed by atoms with Gasteiger partial charge in [-0.15, -0.1) is 0 Å². The molecule has 0 fully saturated rings. The van der Waals surface area contributed by atoms with Crippen molar-refractivity contribution in [3.63, 3.8) is 0 Å². The maximum atomic E-state index is 3.49. The minimum atomic E-state index is -0.195. The zero-order chi connectivity index (χ0) is 11.0. The van der Waals surface area contributed by atoms with E-state index in [1.807, 2.05) is 0 Å². The van der Waals surface area contributed by atoms with E-state index in [1.54, 1.807) is 0 Å². The lowest BCUT2D eigenvalue weighted by Crippen LogP contribution is -2.75. The molecule has 0 spiro atoms. The first-order valence-electron chi connectivity index (χ1n) is 5.64. The van der Waals surface area contributed by atoms with Crippen LogP contribution in [0.15, 0.2) is 0 Å². The predicted octanol–water partition coefficient (Wildman–Crippen LogP) is -0.971. The maximum absolute atomic E-state index is 3.49. The molecule has 0 unspecified atom stereocenters. The van der Waals surface area contributed by atoms with Crippen LogP contribution < -0.4 is 15.6 Å². The molecule has 0 aromatic rings. The van der Waals surface area contributed by atoms with Gasteiger partial charge in [-0.1, -0.05) is 27.7 Å². The molecule has 0 aliphatic carbocycles. The number of nitrogens with zero attached hydrogens (tertiary/aromatic N) is 1. The van der Waals surface area contributed by atoms with Crippen molar-refractivity contribution in [1.82, 2.24) is 20.5 Å².